The van der Waals surface area contributed by atoms with Crippen LogP contribution in [0.3, 0.4) is 0 Å². The van der Waals surface area contributed by atoms with Gasteiger partial charge in [-0.2, -0.15) is 0 Å². The molecule has 0 spiro atoms. The molecule has 0 aliphatic rings. The molecule has 8 nitrogen and oxygen atoms in total. The summed E-state index contributed by atoms with van der Waals surface area (Å²) in [6, 6.07) is 29.5. The van der Waals surface area contributed by atoms with Crippen molar-refractivity contribution in [3.63, 3.8) is 0 Å². The molecule has 0 amide bonds. The van der Waals surface area contributed by atoms with Gasteiger partial charge in [0, 0.05) is 48.5 Å². The average molecular weight is 569 g/mol. The molecule has 4 rings (SSSR count). The molecule has 0 aliphatic carbocycles. The summed E-state index contributed by atoms with van der Waals surface area (Å²) < 4.78 is 22.7. The largest absolute Gasteiger partial charge is 0.507 e. The van der Waals surface area contributed by atoms with Crippen molar-refractivity contribution in [3.8, 4) is 34.5 Å². The lowest BCUT2D eigenvalue weighted by Crippen LogP contribution is -2.05. The minimum atomic E-state index is 0.0937. The summed E-state index contributed by atoms with van der Waals surface area (Å²) in [6.07, 6.45) is 4.66. The first kappa shape index (κ1) is 30.0. The molecular weight excluding hydrogens is 532 g/mol. The molecule has 0 bridgehead atoms. The zero-order valence-electron chi connectivity index (χ0n) is 23.5. The molecule has 0 heterocycles. The van der Waals surface area contributed by atoms with Crippen molar-refractivity contribution in [2.45, 2.75) is 12.8 Å². The minimum Gasteiger partial charge on any atom is -0.507 e. The number of para-hydroxylation sites is 2. The third-order valence-corrected chi connectivity index (χ3v) is 5.96. The van der Waals surface area contributed by atoms with Crippen LogP contribution in [-0.4, -0.2) is 62.2 Å². The van der Waals surface area contributed by atoms with Crippen LogP contribution in [0.5, 0.6) is 34.5 Å². The fourth-order valence-electron chi connectivity index (χ4n) is 3.80. The second kappa shape index (κ2) is 17.0. The first-order valence-corrected chi connectivity index (χ1v) is 13.9. The number of aliphatic imine (C=N–C) groups is 2. The number of hydrogen-bond donors (Lipinski definition) is 2. The maximum Gasteiger partial charge on any atom is 0.128 e. The van der Waals surface area contributed by atoms with Gasteiger partial charge >= 0.3 is 0 Å². The second-order valence-corrected chi connectivity index (χ2v) is 9.24. The minimum absolute atomic E-state index is 0.0937. The van der Waals surface area contributed by atoms with Gasteiger partial charge in [0.05, 0.1) is 39.5 Å². The number of aromatic hydroxyl groups is 2. The van der Waals surface area contributed by atoms with E-state index in [1.165, 1.54) is 0 Å². The van der Waals surface area contributed by atoms with Gasteiger partial charge in [0.25, 0.3) is 0 Å². The molecule has 42 heavy (non-hydrogen) atoms. The maximum absolute atomic E-state index is 10.3. The Morgan fingerprint density at radius 1 is 0.476 bits per heavy atom. The molecule has 0 radical (unpaired) electrons. The normalized spacial score (nSPS) is 11.1. The van der Waals surface area contributed by atoms with Crippen molar-refractivity contribution in [1.29, 1.82) is 0 Å². The molecule has 218 valence electrons. The number of hydrogen-bond acceptors (Lipinski definition) is 8. The third kappa shape index (κ3) is 10.5. The molecular formula is C34H36N2O6. The number of ether oxygens (including phenoxy) is 4. The molecule has 8 heteroatoms. The Balaban J connectivity index is 1.10. The molecule has 0 atom stereocenters. The second-order valence-electron chi connectivity index (χ2n) is 9.24. The van der Waals surface area contributed by atoms with E-state index in [-0.39, 0.29) is 11.5 Å². The fraction of sp³-hybridized carbons (Fsp3) is 0.235. The summed E-state index contributed by atoms with van der Waals surface area (Å²) in [6.45, 7) is 2.93. The van der Waals surface area contributed by atoms with Gasteiger partial charge in [0.1, 0.15) is 34.5 Å². The SMILES string of the molecule is Oc1cc(OCCCOc2ccccc2)ccc1C=NCCN=Cc1ccc(OCCCOc2ccccc2)cc1O. The highest BCUT2D eigenvalue weighted by atomic mass is 16.5. The predicted octanol–water partition coefficient (Wildman–Crippen LogP) is 6.33. The zero-order chi connectivity index (χ0) is 29.2. The summed E-state index contributed by atoms with van der Waals surface area (Å²) in [5.74, 6) is 3.02. The highest BCUT2D eigenvalue weighted by Crippen LogP contribution is 2.23. The molecule has 0 saturated heterocycles. The Bertz CT molecular complexity index is 1300. The summed E-state index contributed by atoms with van der Waals surface area (Å²) >= 11 is 0. The summed E-state index contributed by atoms with van der Waals surface area (Å²) in [7, 11) is 0. The third-order valence-electron chi connectivity index (χ3n) is 5.96. The van der Waals surface area contributed by atoms with Gasteiger partial charge in [-0.1, -0.05) is 36.4 Å². The van der Waals surface area contributed by atoms with Crippen molar-refractivity contribution in [2.24, 2.45) is 9.98 Å². The first-order valence-electron chi connectivity index (χ1n) is 13.9. The average Bonchev–Trinajstić information content (AvgIpc) is 3.01. The fourth-order valence-corrected chi connectivity index (χ4v) is 3.80. The van der Waals surface area contributed by atoms with Gasteiger partial charge in [0.15, 0.2) is 0 Å². The topological polar surface area (TPSA) is 102 Å². The molecule has 0 aliphatic heterocycles. The van der Waals surface area contributed by atoms with Crippen LogP contribution in [0.15, 0.2) is 107 Å². The number of rotatable bonds is 17. The lowest BCUT2D eigenvalue weighted by atomic mass is 10.2. The smallest absolute Gasteiger partial charge is 0.128 e. The Morgan fingerprint density at radius 3 is 1.24 bits per heavy atom. The zero-order valence-corrected chi connectivity index (χ0v) is 23.5. The Hall–Kier alpha value is -4.98. The number of phenols is 2. The molecule has 2 N–H and O–H groups in total. The Labute approximate surface area is 246 Å². The van der Waals surface area contributed by atoms with Crippen molar-refractivity contribution in [1.82, 2.24) is 0 Å². The van der Waals surface area contributed by atoms with Crippen molar-refractivity contribution >= 4 is 12.4 Å². The number of nitrogens with zero attached hydrogens (tertiary/aromatic N) is 2. The highest BCUT2D eigenvalue weighted by Gasteiger charge is 2.03. The first-order chi connectivity index (χ1) is 20.7. The van der Waals surface area contributed by atoms with Gasteiger partial charge in [0.2, 0.25) is 0 Å². The van der Waals surface area contributed by atoms with E-state index >= 15 is 0 Å². The molecule has 0 saturated carbocycles. The van der Waals surface area contributed by atoms with Crippen LogP contribution in [0.4, 0.5) is 0 Å². The molecule has 0 unspecified atom stereocenters. The van der Waals surface area contributed by atoms with E-state index in [0.29, 0.717) is 62.1 Å². The van der Waals surface area contributed by atoms with Gasteiger partial charge in [-0.3, -0.25) is 9.98 Å². The quantitative estimate of drug-likeness (QED) is 0.114. The van der Waals surface area contributed by atoms with Gasteiger partial charge in [-0.15, -0.1) is 0 Å². The van der Waals surface area contributed by atoms with Crippen LogP contribution in [0, 0.1) is 0 Å². The maximum atomic E-state index is 10.3. The molecule has 4 aromatic carbocycles. The number of benzene rings is 4. The van der Waals surface area contributed by atoms with Crippen molar-refractivity contribution in [2.75, 3.05) is 39.5 Å². The standard InChI is InChI=1S/C34H36N2O6/c37-33-23-31(41-21-7-19-39-29-9-3-1-4-10-29)15-13-27(33)25-35-17-18-36-26-28-14-16-32(24-34(28)38)42-22-8-20-40-30-11-5-2-6-12-30/h1-6,9-16,23-26,37-38H,7-8,17-22H2. The van der Waals surface area contributed by atoms with E-state index in [1.54, 1.807) is 48.8 Å². The van der Waals surface area contributed by atoms with E-state index in [0.717, 1.165) is 24.3 Å². The Kier molecular flexibility index (Phi) is 12.1. The van der Waals surface area contributed by atoms with E-state index in [1.807, 2.05) is 60.7 Å². The van der Waals surface area contributed by atoms with Crippen LogP contribution in [0.1, 0.15) is 24.0 Å². The van der Waals surface area contributed by atoms with Gasteiger partial charge in [-0.05, 0) is 48.5 Å². The summed E-state index contributed by atoms with van der Waals surface area (Å²) in [5.41, 5.74) is 1.19. The van der Waals surface area contributed by atoms with E-state index in [4.69, 9.17) is 18.9 Å². The van der Waals surface area contributed by atoms with Crippen molar-refractivity contribution < 1.29 is 29.2 Å². The number of phenolic OH excluding ortho intramolecular Hbond substituents is 2. The summed E-state index contributed by atoms with van der Waals surface area (Å²) in [4.78, 5) is 8.67. The predicted molar refractivity (Wildman–Crippen MR) is 165 cm³/mol. The molecule has 0 fully saturated rings. The lowest BCUT2D eigenvalue weighted by molar-refractivity contribution is 0.246. The highest BCUT2D eigenvalue weighted by molar-refractivity contribution is 5.84. The lowest BCUT2D eigenvalue weighted by Gasteiger charge is -2.09. The van der Waals surface area contributed by atoms with Crippen LogP contribution in [0.2, 0.25) is 0 Å². The van der Waals surface area contributed by atoms with E-state index in [9.17, 15) is 10.2 Å². The van der Waals surface area contributed by atoms with Crippen LogP contribution >= 0.6 is 0 Å². The summed E-state index contributed by atoms with van der Waals surface area (Å²) in [5, 5.41) is 20.6. The molecule has 0 aromatic heterocycles. The van der Waals surface area contributed by atoms with Crippen molar-refractivity contribution in [3.05, 3.63) is 108 Å². The van der Waals surface area contributed by atoms with E-state index in [2.05, 4.69) is 9.98 Å². The Morgan fingerprint density at radius 2 is 0.857 bits per heavy atom. The van der Waals surface area contributed by atoms with Gasteiger partial charge in [-0.25, -0.2) is 0 Å². The van der Waals surface area contributed by atoms with Crippen LogP contribution in [-0.2, 0) is 0 Å². The van der Waals surface area contributed by atoms with Crippen LogP contribution < -0.4 is 18.9 Å². The van der Waals surface area contributed by atoms with E-state index < -0.39 is 0 Å². The molecule has 4 aromatic rings. The van der Waals surface area contributed by atoms with Crippen LogP contribution in [0.25, 0.3) is 0 Å². The van der Waals surface area contributed by atoms with Gasteiger partial charge < -0.3 is 29.2 Å². The monoisotopic (exact) mass is 568 g/mol.